The first-order chi connectivity index (χ1) is 9.09. The number of benzene rings is 2. The number of anilines is 1. The zero-order chi connectivity index (χ0) is 13.8. The predicted molar refractivity (Wildman–Crippen MR) is 75.6 cm³/mol. The van der Waals surface area contributed by atoms with Crippen LogP contribution < -0.4 is 4.90 Å². The van der Waals surface area contributed by atoms with E-state index in [1.165, 1.54) is 6.07 Å². The summed E-state index contributed by atoms with van der Waals surface area (Å²) in [5, 5.41) is 9.75. The van der Waals surface area contributed by atoms with Gasteiger partial charge in [-0.15, -0.1) is 0 Å². The molecule has 0 saturated carbocycles. The molecule has 0 aliphatic heterocycles. The third kappa shape index (κ3) is 3.12. The predicted octanol–water partition coefficient (Wildman–Crippen LogP) is 3.52. The number of aliphatic hydroxyl groups is 1. The molecule has 0 spiro atoms. The summed E-state index contributed by atoms with van der Waals surface area (Å²) >= 11 is 0. The van der Waals surface area contributed by atoms with Crippen LogP contribution in [-0.4, -0.2) is 12.2 Å². The number of rotatable bonds is 4. The van der Waals surface area contributed by atoms with Crippen molar-refractivity contribution < 1.29 is 9.50 Å². The molecule has 2 nitrogen and oxygen atoms in total. The molecule has 2 aromatic carbocycles. The monoisotopic (exact) mass is 259 g/mol. The van der Waals surface area contributed by atoms with Crippen LogP contribution in [0.5, 0.6) is 0 Å². The van der Waals surface area contributed by atoms with E-state index < -0.39 is 6.10 Å². The highest BCUT2D eigenvalue weighted by atomic mass is 19.1. The number of halogens is 1. The molecule has 0 amide bonds. The second kappa shape index (κ2) is 5.85. The van der Waals surface area contributed by atoms with Crippen molar-refractivity contribution in [3.63, 3.8) is 0 Å². The lowest BCUT2D eigenvalue weighted by molar-refractivity contribution is 0.199. The van der Waals surface area contributed by atoms with Crippen LogP contribution in [0.1, 0.15) is 24.2 Å². The lowest BCUT2D eigenvalue weighted by Gasteiger charge is -2.24. The summed E-state index contributed by atoms with van der Waals surface area (Å²) < 4.78 is 14.0. The Labute approximate surface area is 113 Å². The molecule has 2 aromatic rings. The Morgan fingerprint density at radius 1 is 1.11 bits per heavy atom. The fourth-order valence-corrected chi connectivity index (χ4v) is 2.21. The SMILES string of the molecule is C[C@@H](O)c1cccc(F)c1N(C)Cc1ccccc1. The van der Waals surface area contributed by atoms with Crippen molar-refractivity contribution in [2.24, 2.45) is 0 Å². The van der Waals surface area contributed by atoms with Crippen LogP contribution in [0, 0.1) is 5.82 Å². The van der Waals surface area contributed by atoms with E-state index in [0.717, 1.165) is 5.56 Å². The average molecular weight is 259 g/mol. The maximum Gasteiger partial charge on any atom is 0.146 e. The van der Waals surface area contributed by atoms with Crippen LogP contribution in [0.25, 0.3) is 0 Å². The zero-order valence-electron chi connectivity index (χ0n) is 11.2. The fourth-order valence-electron chi connectivity index (χ4n) is 2.21. The van der Waals surface area contributed by atoms with Gasteiger partial charge in [0.15, 0.2) is 0 Å². The van der Waals surface area contributed by atoms with Gasteiger partial charge in [0.1, 0.15) is 5.82 Å². The molecule has 19 heavy (non-hydrogen) atoms. The van der Waals surface area contributed by atoms with Crippen molar-refractivity contribution in [3.05, 3.63) is 65.5 Å². The van der Waals surface area contributed by atoms with Gasteiger partial charge in [-0.05, 0) is 18.6 Å². The van der Waals surface area contributed by atoms with E-state index in [1.807, 2.05) is 42.3 Å². The first-order valence-electron chi connectivity index (χ1n) is 6.31. The average Bonchev–Trinajstić information content (AvgIpc) is 2.39. The van der Waals surface area contributed by atoms with Gasteiger partial charge >= 0.3 is 0 Å². The van der Waals surface area contributed by atoms with Gasteiger partial charge in [-0.2, -0.15) is 0 Å². The minimum absolute atomic E-state index is 0.308. The molecule has 1 atom stereocenters. The molecule has 1 N–H and O–H groups in total. The highest BCUT2D eigenvalue weighted by Crippen LogP contribution is 2.29. The Balaban J connectivity index is 2.31. The summed E-state index contributed by atoms with van der Waals surface area (Å²) in [7, 11) is 1.83. The van der Waals surface area contributed by atoms with Crippen LogP contribution in [-0.2, 0) is 6.54 Å². The topological polar surface area (TPSA) is 23.5 Å². The summed E-state index contributed by atoms with van der Waals surface area (Å²) in [6, 6.07) is 14.7. The molecule has 0 radical (unpaired) electrons. The van der Waals surface area contributed by atoms with Crippen molar-refractivity contribution in [3.8, 4) is 0 Å². The third-order valence-electron chi connectivity index (χ3n) is 3.11. The van der Waals surface area contributed by atoms with Gasteiger partial charge in [-0.1, -0.05) is 42.5 Å². The van der Waals surface area contributed by atoms with Crippen LogP contribution in [0.2, 0.25) is 0 Å². The van der Waals surface area contributed by atoms with Crippen LogP contribution in [0.3, 0.4) is 0 Å². The van der Waals surface area contributed by atoms with E-state index in [0.29, 0.717) is 17.8 Å². The summed E-state index contributed by atoms with van der Waals surface area (Å²) in [6.45, 7) is 2.25. The Kier molecular flexibility index (Phi) is 4.17. The summed E-state index contributed by atoms with van der Waals surface area (Å²) in [6.07, 6.45) is -0.691. The smallest absolute Gasteiger partial charge is 0.146 e. The number of aliphatic hydroxyl groups excluding tert-OH is 1. The van der Waals surface area contributed by atoms with Gasteiger partial charge in [0.05, 0.1) is 11.8 Å². The Morgan fingerprint density at radius 3 is 2.42 bits per heavy atom. The number of hydrogen-bond acceptors (Lipinski definition) is 2. The highest BCUT2D eigenvalue weighted by Gasteiger charge is 2.16. The molecule has 100 valence electrons. The van der Waals surface area contributed by atoms with Gasteiger partial charge in [0.2, 0.25) is 0 Å². The standard InChI is InChI=1S/C16H18FNO/c1-12(19)14-9-6-10-15(17)16(14)18(2)11-13-7-4-3-5-8-13/h3-10,12,19H,11H2,1-2H3/t12-/m1/s1. The molecule has 0 heterocycles. The maximum atomic E-state index is 14.0. The van der Waals surface area contributed by atoms with Crippen molar-refractivity contribution in [1.29, 1.82) is 0 Å². The van der Waals surface area contributed by atoms with E-state index in [4.69, 9.17) is 0 Å². The first-order valence-corrected chi connectivity index (χ1v) is 6.31. The van der Waals surface area contributed by atoms with Crippen molar-refractivity contribution >= 4 is 5.69 Å². The van der Waals surface area contributed by atoms with Gasteiger partial charge in [-0.3, -0.25) is 0 Å². The van der Waals surface area contributed by atoms with Crippen molar-refractivity contribution in [1.82, 2.24) is 0 Å². The molecule has 0 aliphatic rings. The summed E-state index contributed by atoms with van der Waals surface area (Å²) in [5.41, 5.74) is 2.17. The molecule has 0 unspecified atom stereocenters. The van der Waals surface area contributed by atoms with Crippen molar-refractivity contribution in [2.75, 3.05) is 11.9 Å². The molecular formula is C16H18FNO. The number of nitrogens with zero attached hydrogens (tertiary/aromatic N) is 1. The molecule has 3 heteroatoms. The summed E-state index contributed by atoms with van der Waals surface area (Å²) in [4.78, 5) is 1.83. The largest absolute Gasteiger partial charge is 0.389 e. The van der Waals surface area contributed by atoms with Gasteiger partial charge < -0.3 is 10.0 Å². The van der Waals surface area contributed by atoms with Crippen LogP contribution >= 0.6 is 0 Å². The molecule has 0 saturated heterocycles. The lowest BCUT2D eigenvalue weighted by atomic mass is 10.1. The molecule has 2 rings (SSSR count). The van der Waals surface area contributed by atoms with Crippen molar-refractivity contribution in [2.45, 2.75) is 19.6 Å². The number of hydrogen-bond donors (Lipinski definition) is 1. The third-order valence-corrected chi connectivity index (χ3v) is 3.11. The van der Waals surface area contributed by atoms with Gasteiger partial charge in [0, 0.05) is 19.2 Å². The van der Waals surface area contributed by atoms with Crippen LogP contribution in [0.4, 0.5) is 10.1 Å². The second-order valence-electron chi connectivity index (χ2n) is 4.70. The van der Waals surface area contributed by atoms with E-state index in [-0.39, 0.29) is 5.82 Å². The minimum Gasteiger partial charge on any atom is -0.389 e. The summed E-state index contributed by atoms with van der Waals surface area (Å²) in [5.74, 6) is -0.308. The Bertz CT molecular complexity index is 540. The van der Waals surface area contributed by atoms with Crippen LogP contribution in [0.15, 0.2) is 48.5 Å². The molecule has 0 fully saturated rings. The van der Waals surface area contributed by atoms with E-state index in [2.05, 4.69) is 0 Å². The van der Waals surface area contributed by atoms with E-state index >= 15 is 0 Å². The Morgan fingerprint density at radius 2 is 1.79 bits per heavy atom. The Hall–Kier alpha value is -1.87. The highest BCUT2D eigenvalue weighted by molar-refractivity contribution is 5.55. The van der Waals surface area contributed by atoms with Gasteiger partial charge in [-0.25, -0.2) is 4.39 Å². The first kappa shape index (κ1) is 13.6. The second-order valence-corrected chi connectivity index (χ2v) is 4.70. The zero-order valence-corrected chi connectivity index (χ0v) is 11.2. The molecule has 0 aromatic heterocycles. The normalized spacial score (nSPS) is 12.2. The molecule has 0 bridgehead atoms. The van der Waals surface area contributed by atoms with Gasteiger partial charge in [0.25, 0.3) is 0 Å². The molecule has 0 aliphatic carbocycles. The van der Waals surface area contributed by atoms with E-state index in [9.17, 15) is 9.50 Å². The number of para-hydroxylation sites is 1. The molecular weight excluding hydrogens is 241 g/mol. The maximum absolute atomic E-state index is 14.0. The fraction of sp³-hybridized carbons (Fsp3) is 0.250. The lowest BCUT2D eigenvalue weighted by Crippen LogP contribution is -2.20. The minimum atomic E-state index is -0.691. The van der Waals surface area contributed by atoms with E-state index in [1.54, 1.807) is 19.1 Å². The quantitative estimate of drug-likeness (QED) is 0.908.